The fourth-order valence-electron chi connectivity index (χ4n) is 2.71. The van der Waals surface area contributed by atoms with Crippen LogP contribution in [-0.4, -0.2) is 19.1 Å². The number of hydrogen-bond donors (Lipinski definition) is 0. The molecule has 118 valence electrons. The van der Waals surface area contributed by atoms with Gasteiger partial charge in [0.25, 0.3) is 5.56 Å². The number of aryl methyl sites for hydroxylation is 1. The molecule has 3 aromatic heterocycles. The minimum atomic E-state index is -0.327. The molecule has 0 aliphatic heterocycles. The van der Waals surface area contributed by atoms with Gasteiger partial charge in [0.2, 0.25) is 0 Å². The van der Waals surface area contributed by atoms with Crippen LogP contribution in [0.3, 0.4) is 0 Å². The summed E-state index contributed by atoms with van der Waals surface area (Å²) in [6, 6.07) is 10.2. The zero-order valence-electron chi connectivity index (χ0n) is 12.8. The zero-order valence-corrected chi connectivity index (χ0v) is 12.8. The Hall–Kier alpha value is -3.28. The molecule has 0 spiro atoms. The van der Waals surface area contributed by atoms with E-state index >= 15 is 0 Å². The van der Waals surface area contributed by atoms with E-state index in [1.807, 2.05) is 6.07 Å². The Labute approximate surface area is 136 Å². The second-order valence-electron chi connectivity index (χ2n) is 5.49. The number of imidazole rings is 1. The van der Waals surface area contributed by atoms with Crippen LogP contribution < -0.4 is 5.56 Å². The lowest BCUT2D eigenvalue weighted by atomic mass is 10.1. The van der Waals surface area contributed by atoms with E-state index in [0.717, 1.165) is 5.69 Å². The predicted molar refractivity (Wildman–Crippen MR) is 89.5 cm³/mol. The van der Waals surface area contributed by atoms with E-state index in [4.69, 9.17) is 0 Å². The summed E-state index contributed by atoms with van der Waals surface area (Å²) < 4.78 is 17.5. The summed E-state index contributed by atoms with van der Waals surface area (Å²) in [5.41, 5.74) is 2.77. The Morgan fingerprint density at radius 2 is 2.04 bits per heavy atom. The third kappa shape index (κ3) is 2.20. The molecule has 4 aromatic rings. The molecule has 0 amide bonds. The van der Waals surface area contributed by atoms with Gasteiger partial charge in [-0.2, -0.15) is 0 Å². The molecule has 24 heavy (non-hydrogen) atoms. The standard InChI is InChI=1S/C18H13FN4O/c1-22-8-6-16-17(18(22)24)21-11-23(16)13-4-5-15(19)14(9-13)12-3-2-7-20-10-12/h2-11H,1H3. The molecule has 0 aliphatic rings. The molecule has 0 saturated heterocycles. The maximum Gasteiger partial charge on any atom is 0.278 e. The average molecular weight is 320 g/mol. The highest BCUT2D eigenvalue weighted by atomic mass is 19.1. The summed E-state index contributed by atoms with van der Waals surface area (Å²) in [5.74, 6) is -0.327. The fraction of sp³-hybridized carbons (Fsp3) is 0.0556. The number of pyridine rings is 2. The van der Waals surface area contributed by atoms with Crippen molar-refractivity contribution in [1.82, 2.24) is 19.1 Å². The summed E-state index contributed by atoms with van der Waals surface area (Å²) in [6.45, 7) is 0. The molecule has 3 heterocycles. The van der Waals surface area contributed by atoms with Crippen molar-refractivity contribution in [2.45, 2.75) is 0 Å². The maximum absolute atomic E-state index is 14.2. The van der Waals surface area contributed by atoms with Crippen LogP contribution in [0.4, 0.5) is 4.39 Å². The van der Waals surface area contributed by atoms with E-state index in [0.29, 0.717) is 22.2 Å². The molecule has 0 N–H and O–H groups in total. The lowest BCUT2D eigenvalue weighted by Gasteiger charge is -2.09. The van der Waals surface area contributed by atoms with E-state index < -0.39 is 0 Å². The summed E-state index contributed by atoms with van der Waals surface area (Å²) >= 11 is 0. The van der Waals surface area contributed by atoms with Crippen molar-refractivity contribution in [2.75, 3.05) is 0 Å². The first-order valence-corrected chi connectivity index (χ1v) is 7.38. The van der Waals surface area contributed by atoms with Crippen LogP contribution in [0.15, 0.2) is 66.1 Å². The van der Waals surface area contributed by atoms with Crippen LogP contribution in [0.2, 0.25) is 0 Å². The number of fused-ring (bicyclic) bond motifs is 1. The van der Waals surface area contributed by atoms with Crippen molar-refractivity contribution >= 4 is 11.0 Å². The molecule has 5 nitrogen and oxygen atoms in total. The molecular weight excluding hydrogens is 307 g/mol. The number of halogens is 1. The van der Waals surface area contributed by atoms with Crippen LogP contribution >= 0.6 is 0 Å². The molecule has 0 radical (unpaired) electrons. The fourth-order valence-corrected chi connectivity index (χ4v) is 2.71. The second kappa shape index (κ2) is 5.42. The molecule has 4 rings (SSSR count). The van der Waals surface area contributed by atoms with Gasteiger partial charge in [0, 0.05) is 42.5 Å². The summed E-state index contributed by atoms with van der Waals surface area (Å²) in [6.07, 6.45) is 6.52. The number of aromatic nitrogens is 4. The highest BCUT2D eigenvalue weighted by Gasteiger charge is 2.12. The highest BCUT2D eigenvalue weighted by Crippen LogP contribution is 2.26. The van der Waals surface area contributed by atoms with Gasteiger partial charge in [-0.3, -0.25) is 14.3 Å². The molecule has 0 bridgehead atoms. The molecule has 0 atom stereocenters. The van der Waals surface area contributed by atoms with E-state index in [9.17, 15) is 9.18 Å². The largest absolute Gasteiger partial charge is 0.317 e. The summed E-state index contributed by atoms with van der Waals surface area (Å²) in [4.78, 5) is 20.4. The Balaban J connectivity index is 1.93. The number of rotatable bonds is 2. The van der Waals surface area contributed by atoms with Crippen LogP contribution in [0.1, 0.15) is 0 Å². The van der Waals surface area contributed by atoms with Gasteiger partial charge in [0.05, 0.1) is 5.52 Å². The van der Waals surface area contributed by atoms with Gasteiger partial charge >= 0.3 is 0 Å². The molecule has 0 saturated carbocycles. The quantitative estimate of drug-likeness (QED) is 0.570. The Bertz CT molecular complexity index is 1100. The molecule has 0 aliphatic carbocycles. The van der Waals surface area contributed by atoms with Gasteiger partial charge in [0.15, 0.2) is 5.52 Å². The third-order valence-corrected chi connectivity index (χ3v) is 3.98. The second-order valence-corrected chi connectivity index (χ2v) is 5.49. The normalized spacial score (nSPS) is 11.1. The first kappa shape index (κ1) is 14.3. The predicted octanol–water partition coefficient (Wildman–Crippen LogP) is 2.93. The third-order valence-electron chi connectivity index (χ3n) is 3.98. The van der Waals surface area contributed by atoms with Gasteiger partial charge < -0.3 is 4.57 Å². The lowest BCUT2D eigenvalue weighted by Crippen LogP contribution is -2.15. The van der Waals surface area contributed by atoms with E-state index in [2.05, 4.69) is 9.97 Å². The topological polar surface area (TPSA) is 52.7 Å². The van der Waals surface area contributed by atoms with Crippen molar-refractivity contribution in [1.29, 1.82) is 0 Å². The summed E-state index contributed by atoms with van der Waals surface area (Å²) in [5, 5.41) is 0. The van der Waals surface area contributed by atoms with Crippen molar-refractivity contribution in [3.05, 3.63) is 77.5 Å². The maximum atomic E-state index is 14.2. The Morgan fingerprint density at radius 1 is 1.17 bits per heavy atom. The lowest BCUT2D eigenvalue weighted by molar-refractivity contribution is 0.631. The number of benzene rings is 1. The smallest absolute Gasteiger partial charge is 0.278 e. The van der Waals surface area contributed by atoms with Crippen molar-refractivity contribution in [2.24, 2.45) is 7.05 Å². The Morgan fingerprint density at radius 3 is 2.83 bits per heavy atom. The first-order valence-electron chi connectivity index (χ1n) is 7.38. The van der Waals surface area contributed by atoms with Crippen LogP contribution in [0, 0.1) is 5.82 Å². The zero-order chi connectivity index (χ0) is 16.7. The first-order chi connectivity index (χ1) is 11.6. The highest BCUT2D eigenvalue weighted by molar-refractivity contribution is 5.77. The van der Waals surface area contributed by atoms with Crippen LogP contribution in [-0.2, 0) is 7.05 Å². The molecule has 6 heteroatoms. The van der Waals surface area contributed by atoms with Gasteiger partial charge in [0.1, 0.15) is 12.1 Å². The monoisotopic (exact) mass is 320 g/mol. The molecule has 1 aromatic carbocycles. The average Bonchev–Trinajstić information content (AvgIpc) is 3.04. The summed E-state index contributed by atoms with van der Waals surface area (Å²) in [7, 11) is 1.68. The molecule has 0 unspecified atom stereocenters. The van der Waals surface area contributed by atoms with Gasteiger partial charge in [-0.05, 0) is 30.3 Å². The van der Waals surface area contributed by atoms with Crippen molar-refractivity contribution in [3.63, 3.8) is 0 Å². The van der Waals surface area contributed by atoms with E-state index in [1.165, 1.54) is 10.6 Å². The van der Waals surface area contributed by atoms with Crippen LogP contribution in [0.5, 0.6) is 0 Å². The minimum Gasteiger partial charge on any atom is -0.317 e. The number of nitrogens with zero attached hydrogens (tertiary/aromatic N) is 4. The van der Waals surface area contributed by atoms with E-state index in [-0.39, 0.29) is 11.4 Å². The minimum absolute atomic E-state index is 0.166. The van der Waals surface area contributed by atoms with Gasteiger partial charge in [-0.25, -0.2) is 9.37 Å². The van der Waals surface area contributed by atoms with Crippen LogP contribution in [0.25, 0.3) is 27.8 Å². The number of hydrogen-bond acceptors (Lipinski definition) is 3. The SMILES string of the molecule is Cn1ccc2c(ncn2-c2ccc(F)c(-c3cccnc3)c2)c1=O. The van der Waals surface area contributed by atoms with E-state index in [1.54, 1.807) is 60.8 Å². The van der Waals surface area contributed by atoms with Gasteiger partial charge in [-0.15, -0.1) is 0 Å². The van der Waals surface area contributed by atoms with Crippen molar-refractivity contribution < 1.29 is 4.39 Å². The Kier molecular flexibility index (Phi) is 3.23. The molecular formula is C18H13FN4O. The van der Waals surface area contributed by atoms with Crippen molar-refractivity contribution in [3.8, 4) is 16.8 Å². The van der Waals surface area contributed by atoms with Gasteiger partial charge in [-0.1, -0.05) is 6.07 Å². The molecule has 0 fully saturated rings.